The van der Waals surface area contributed by atoms with Crippen LogP contribution in [0, 0.1) is 0 Å². The van der Waals surface area contributed by atoms with E-state index in [2.05, 4.69) is 15.3 Å². The van der Waals surface area contributed by atoms with Crippen LogP contribution in [-0.4, -0.2) is 23.7 Å². The standard InChI is InChI=1S/C17H18ClF3N3O3P/c1-3-10(6-7-27-28-25)11-4-5-13(14(8-11)26-2)23-16-22-9-12(15(18)24-16)17(19,20)21/h4-5,8-10H,3,6-7H2,1-2H3,(H,22,23,24). The highest BCUT2D eigenvalue weighted by Crippen LogP contribution is 2.35. The van der Waals surface area contributed by atoms with E-state index in [0.717, 1.165) is 12.0 Å². The number of hydrogen-bond donors (Lipinski definition) is 1. The Kier molecular flexibility index (Phi) is 7.98. The molecule has 0 saturated carbocycles. The molecule has 0 spiro atoms. The molecule has 0 fully saturated rings. The number of nitrogens with one attached hydrogen (secondary N) is 1. The van der Waals surface area contributed by atoms with Crippen LogP contribution in [-0.2, 0) is 15.3 Å². The van der Waals surface area contributed by atoms with E-state index in [9.17, 15) is 17.7 Å². The van der Waals surface area contributed by atoms with Gasteiger partial charge in [-0.3, -0.25) is 4.52 Å². The number of methoxy groups -OCH3 is 1. The molecule has 0 bridgehead atoms. The summed E-state index contributed by atoms with van der Waals surface area (Å²) in [5, 5.41) is 2.12. The first-order valence-corrected chi connectivity index (χ1v) is 9.40. The second-order valence-corrected chi connectivity index (χ2v) is 6.55. The van der Waals surface area contributed by atoms with Gasteiger partial charge in [0.05, 0.1) is 19.4 Å². The number of anilines is 2. The first-order chi connectivity index (χ1) is 13.3. The number of benzene rings is 1. The molecule has 2 aromatic rings. The minimum Gasteiger partial charge on any atom is -0.495 e. The van der Waals surface area contributed by atoms with Gasteiger partial charge in [0.2, 0.25) is 5.95 Å². The Balaban J connectivity index is 2.22. The lowest BCUT2D eigenvalue weighted by Gasteiger charge is -2.18. The number of halogens is 4. The predicted octanol–water partition coefficient (Wildman–Crippen LogP) is 6.01. The van der Waals surface area contributed by atoms with Gasteiger partial charge < -0.3 is 10.1 Å². The minimum atomic E-state index is -4.63. The van der Waals surface area contributed by atoms with Gasteiger partial charge in [0.1, 0.15) is 16.5 Å². The Morgan fingerprint density at radius 3 is 2.68 bits per heavy atom. The van der Waals surface area contributed by atoms with Crippen LogP contribution in [0.25, 0.3) is 0 Å². The van der Waals surface area contributed by atoms with Crippen LogP contribution in [0.2, 0.25) is 5.15 Å². The van der Waals surface area contributed by atoms with Gasteiger partial charge >= 0.3 is 14.9 Å². The zero-order chi connectivity index (χ0) is 20.7. The largest absolute Gasteiger partial charge is 0.495 e. The number of ether oxygens (including phenoxy) is 1. The molecule has 1 N–H and O–H groups in total. The minimum absolute atomic E-state index is 0.0843. The third kappa shape index (κ3) is 5.77. The quantitative estimate of drug-likeness (QED) is 0.295. The fourth-order valence-electron chi connectivity index (χ4n) is 2.64. The van der Waals surface area contributed by atoms with Gasteiger partial charge in [-0.2, -0.15) is 13.2 Å². The van der Waals surface area contributed by atoms with E-state index < -0.39 is 16.9 Å². The van der Waals surface area contributed by atoms with Gasteiger partial charge in [-0.1, -0.05) is 24.6 Å². The molecule has 0 aliphatic heterocycles. The maximum Gasteiger partial charge on any atom is 0.420 e. The van der Waals surface area contributed by atoms with Crippen LogP contribution in [0.3, 0.4) is 0 Å². The van der Waals surface area contributed by atoms with E-state index in [1.807, 2.05) is 19.1 Å². The Hall–Kier alpha value is -1.96. The smallest absolute Gasteiger partial charge is 0.420 e. The molecule has 1 heterocycles. The van der Waals surface area contributed by atoms with E-state index >= 15 is 0 Å². The van der Waals surface area contributed by atoms with Gasteiger partial charge in [0.25, 0.3) is 0 Å². The molecule has 6 nitrogen and oxygen atoms in total. The lowest BCUT2D eigenvalue weighted by molar-refractivity contribution is -0.137. The third-order valence-electron chi connectivity index (χ3n) is 4.09. The molecule has 1 atom stereocenters. The average molecular weight is 436 g/mol. The topological polar surface area (TPSA) is 73.3 Å². The zero-order valence-electron chi connectivity index (χ0n) is 15.1. The summed E-state index contributed by atoms with van der Waals surface area (Å²) in [5.41, 5.74) is 0.362. The van der Waals surface area contributed by atoms with Crippen molar-refractivity contribution in [3.05, 3.63) is 40.7 Å². The summed E-state index contributed by atoms with van der Waals surface area (Å²) in [4.78, 5) is 7.33. The molecule has 0 aliphatic rings. The molecule has 28 heavy (non-hydrogen) atoms. The van der Waals surface area contributed by atoms with E-state index in [1.165, 1.54) is 7.11 Å². The molecule has 0 amide bonds. The Labute approximate surface area is 166 Å². The monoisotopic (exact) mass is 435 g/mol. The van der Waals surface area contributed by atoms with Gasteiger partial charge in [0.15, 0.2) is 0 Å². The second kappa shape index (κ2) is 10.0. The maximum atomic E-state index is 12.8. The maximum absolute atomic E-state index is 12.8. The summed E-state index contributed by atoms with van der Waals surface area (Å²) in [6, 6.07) is 5.40. The number of aromatic nitrogens is 2. The van der Waals surface area contributed by atoms with Gasteiger partial charge in [0, 0.05) is 6.20 Å². The van der Waals surface area contributed by atoms with E-state index in [-0.39, 0.29) is 20.6 Å². The van der Waals surface area contributed by atoms with Gasteiger partial charge in [-0.25, -0.2) is 14.5 Å². The number of rotatable bonds is 9. The van der Waals surface area contributed by atoms with Gasteiger partial charge in [-0.15, -0.1) is 0 Å². The molecule has 2 rings (SSSR count). The summed E-state index contributed by atoms with van der Waals surface area (Å²) in [6.07, 6.45) is -2.48. The summed E-state index contributed by atoms with van der Waals surface area (Å²) >= 11 is 5.62. The summed E-state index contributed by atoms with van der Waals surface area (Å²) in [5.74, 6) is 0.554. The average Bonchev–Trinajstić information content (AvgIpc) is 2.65. The SMILES string of the molecule is CCC(CCOP=O)c1ccc(Nc2ncc(C(F)(F)F)c(Cl)n2)c(OC)c1. The van der Waals surface area contributed by atoms with E-state index in [0.29, 0.717) is 30.7 Å². The van der Waals surface area contributed by atoms with Crippen molar-refractivity contribution in [2.45, 2.75) is 31.9 Å². The fraction of sp³-hybridized carbons (Fsp3) is 0.412. The highest BCUT2D eigenvalue weighted by Gasteiger charge is 2.34. The molecular formula is C17H18ClF3N3O3P. The molecule has 11 heteroatoms. The Morgan fingerprint density at radius 1 is 1.36 bits per heavy atom. The van der Waals surface area contributed by atoms with Crippen molar-refractivity contribution in [1.29, 1.82) is 0 Å². The zero-order valence-corrected chi connectivity index (χ0v) is 16.7. The van der Waals surface area contributed by atoms with Crippen LogP contribution in [0.15, 0.2) is 24.4 Å². The number of hydrogen-bond acceptors (Lipinski definition) is 6. The highest BCUT2D eigenvalue weighted by atomic mass is 35.5. The Bertz CT molecular complexity index is 824. The van der Waals surface area contributed by atoms with Crippen molar-refractivity contribution in [1.82, 2.24) is 9.97 Å². The highest BCUT2D eigenvalue weighted by molar-refractivity contribution is 7.17. The number of alkyl halides is 3. The summed E-state index contributed by atoms with van der Waals surface area (Å²) in [7, 11) is 1.12. The van der Waals surface area contributed by atoms with Crippen molar-refractivity contribution >= 4 is 31.9 Å². The van der Waals surface area contributed by atoms with Crippen LogP contribution in [0.1, 0.15) is 36.8 Å². The van der Waals surface area contributed by atoms with Crippen molar-refractivity contribution in [3.8, 4) is 5.75 Å². The van der Waals surface area contributed by atoms with E-state index in [1.54, 1.807) is 6.07 Å². The van der Waals surface area contributed by atoms with Gasteiger partial charge in [-0.05, 0) is 36.5 Å². The van der Waals surface area contributed by atoms with Crippen LogP contribution < -0.4 is 10.1 Å². The predicted molar refractivity (Wildman–Crippen MR) is 99.5 cm³/mol. The molecule has 1 aromatic carbocycles. The lowest BCUT2D eigenvalue weighted by Crippen LogP contribution is -2.09. The third-order valence-corrected chi connectivity index (χ3v) is 4.67. The molecule has 1 aromatic heterocycles. The van der Waals surface area contributed by atoms with Crippen molar-refractivity contribution < 1.29 is 27.0 Å². The number of nitrogens with zero attached hydrogens (tertiary/aromatic N) is 2. The van der Waals surface area contributed by atoms with Crippen LogP contribution in [0.5, 0.6) is 5.75 Å². The normalized spacial score (nSPS) is 12.8. The summed E-state index contributed by atoms with van der Waals surface area (Å²) in [6.45, 7) is 2.38. The first-order valence-electron chi connectivity index (χ1n) is 8.29. The second-order valence-electron chi connectivity index (χ2n) is 5.78. The molecule has 0 aliphatic carbocycles. The fourth-order valence-corrected chi connectivity index (χ4v) is 3.05. The molecule has 0 radical (unpaired) electrons. The van der Waals surface area contributed by atoms with E-state index in [4.69, 9.17) is 20.9 Å². The van der Waals surface area contributed by atoms with Crippen molar-refractivity contribution in [2.75, 3.05) is 19.0 Å². The molecular weight excluding hydrogens is 418 g/mol. The van der Waals surface area contributed by atoms with Crippen molar-refractivity contribution in [2.24, 2.45) is 0 Å². The van der Waals surface area contributed by atoms with Crippen molar-refractivity contribution in [3.63, 3.8) is 0 Å². The first kappa shape index (κ1) is 22.3. The molecule has 152 valence electrons. The Morgan fingerprint density at radius 2 is 2.11 bits per heavy atom. The molecule has 1 unspecified atom stereocenters. The summed E-state index contributed by atoms with van der Waals surface area (Å²) < 4.78 is 58.9. The van der Waals surface area contributed by atoms with Crippen LogP contribution in [0.4, 0.5) is 24.8 Å². The van der Waals surface area contributed by atoms with Crippen LogP contribution >= 0.6 is 20.3 Å². The molecule has 0 saturated heterocycles. The lowest BCUT2D eigenvalue weighted by atomic mass is 9.93.